The number of aliphatic hydroxyl groups is 5. The predicted molar refractivity (Wildman–Crippen MR) is 151 cm³/mol. The van der Waals surface area contributed by atoms with Crippen LogP contribution in [-0.2, 0) is 19.0 Å². The van der Waals surface area contributed by atoms with E-state index in [4.69, 9.17) is 37.1 Å². The third-order valence-electron chi connectivity index (χ3n) is 8.32. The van der Waals surface area contributed by atoms with Gasteiger partial charge in [-0.2, -0.15) is 0 Å². The summed E-state index contributed by atoms with van der Waals surface area (Å²) in [5.41, 5.74) is 22.5. The minimum atomic E-state index is -1.49. The highest BCUT2D eigenvalue weighted by molar-refractivity contribution is 5.81. The molecule has 2 heterocycles. The molecule has 0 bridgehead atoms. The molecule has 2 aliphatic heterocycles. The Kier molecular flexibility index (Phi) is 12.9. The molecule has 16 N–H and O–H groups in total. The maximum Gasteiger partial charge on any atom is 0.250 e. The van der Waals surface area contributed by atoms with Gasteiger partial charge in [0, 0.05) is 31.1 Å². The number of ether oxygens (including phenoxy) is 3. The molecule has 16 nitrogen and oxygen atoms in total. The van der Waals surface area contributed by atoms with Crippen molar-refractivity contribution < 1.29 is 44.5 Å². The maximum atomic E-state index is 12.6. The number of carbonyl (C=O) groups excluding carboxylic acids is 1. The van der Waals surface area contributed by atoms with Crippen LogP contribution >= 0.6 is 0 Å². The molecule has 1 aliphatic carbocycles. The Morgan fingerprint density at radius 1 is 1.21 bits per heavy atom. The van der Waals surface area contributed by atoms with Crippen LogP contribution < -0.4 is 38.9 Å². The number of amides is 1. The number of nitrogens with one attached hydrogen (secondary N) is 3. The van der Waals surface area contributed by atoms with E-state index in [1.807, 2.05) is 6.08 Å². The van der Waals surface area contributed by atoms with Gasteiger partial charge in [0.1, 0.15) is 35.8 Å². The summed E-state index contributed by atoms with van der Waals surface area (Å²) in [6, 6.07) is -2.95. The molecule has 13 atom stereocenters. The van der Waals surface area contributed by atoms with Crippen molar-refractivity contribution in [2.45, 2.75) is 98.9 Å². The topological polar surface area (TPSA) is 286 Å². The molecule has 0 aromatic heterocycles. The van der Waals surface area contributed by atoms with Crippen molar-refractivity contribution in [2.24, 2.45) is 28.9 Å². The summed E-state index contributed by atoms with van der Waals surface area (Å²) in [5.74, 6) is -0.952. The van der Waals surface area contributed by atoms with Gasteiger partial charge in [-0.15, -0.1) is 0 Å². The molecule has 1 amide bonds. The van der Waals surface area contributed by atoms with E-state index < -0.39 is 84.5 Å². The van der Waals surface area contributed by atoms with E-state index in [-0.39, 0.29) is 19.6 Å². The number of rotatable bonds is 13. The third kappa shape index (κ3) is 8.35. The molecule has 0 aromatic rings. The average Bonchev–Trinajstić information content (AvgIpc) is 2.93. The second kappa shape index (κ2) is 15.5. The molecule has 3 rings (SSSR count). The summed E-state index contributed by atoms with van der Waals surface area (Å²) in [7, 11) is 1.58. The first kappa shape index (κ1) is 35.0. The Bertz CT molecular complexity index is 900. The number of aliphatic hydroxyl groups excluding tert-OH is 4. The van der Waals surface area contributed by atoms with Gasteiger partial charge in [0.15, 0.2) is 6.29 Å². The van der Waals surface area contributed by atoms with Crippen LogP contribution in [0.25, 0.3) is 0 Å². The first-order valence-electron chi connectivity index (χ1n) is 14.5. The molecule has 16 heteroatoms. The quantitative estimate of drug-likeness (QED) is 0.0931. The van der Waals surface area contributed by atoms with Crippen molar-refractivity contribution in [1.29, 1.82) is 0 Å². The molecular formula is C26H51N7O9. The number of likely N-dealkylation sites (N-methyl/N-ethyl adjacent to an activating group) is 1. The van der Waals surface area contributed by atoms with Gasteiger partial charge in [0.25, 0.3) is 0 Å². The van der Waals surface area contributed by atoms with E-state index in [1.54, 1.807) is 7.05 Å². The van der Waals surface area contributed by atoms with Crippen LogP contribution in [0.5, 0.6) is 0 Å². The molecule has 0 spiro atoms. The second-order valence-corrected chi connectivity index (χ2v) is 11.7. The fraction of sp³-hybridized carbons (Fsp3) is 0.885. The lowest BCUT2D eigenvalue weighted by Gasteiger charge is -2.50. The molecule has 0 aromatic carbocycles. The molecule has 2 unspecified atom stereocenters. The lowest BCUT2D eigenvalue weighted by atomic mass is 9.72. The lowest BCUT2D eigenvalue weighted by Crippen LogP contribution is -2.69. The van der Waals surface area contributed by atoms with E-state index in [1.165, 1.54) is 6.92 Å². The number of carbonyl (C=O) groups is 1. The van der Waals surface area contributed by atoms with Crippen molar-refractivity contribution >= 4 is 5.91 Å². The van der Waals surface area contributed by atoms with Gasteiger partial charge in [-0.25, -0.2) is 0 Å². The monoisotopic (exact) mass is 605 g/mol. The standard InChI is InChI=1S/C26H51N7O9/c1-26(39)11-40-25(20(37)23(26)31-2)42-22-16(33-24(38)17(35)8-28)7-15(30)18(19(22)36)21-14(29)4-3-13(41-21)10-32-9-12(34)5-6-27/h3,12,14-23,25,31-32,34-37,39H,4-11,27-30H2,1-2H3,(H,33,38)/t12?,14-,15+,16-,17+,18?,19+,20-,21+,22+,23-,25-,26+/m1/s1. The van der Waals surface area contributed by atoms with Crippen LogP contribution in [0.3, 0.4) is 0 Å². The van der Waals surface area contributed by atoms with E-state index in [0.717, 1.165) is 0 Å². The molecule has 2 fully saturated rings. The fourth-order valence-electron chi connectivity index (χ4n) is 6.00. The van der Waals surface area contributed by atoms with Crippen LogP contribution in [0.1, 0.15) is 26.2 Å². The molecule has 0 radical (unpaired) electrons. The zero-order valence-corrected chi connectivity index (χ0v) is 24.3. The van der Waals surface area contributed by atoms with E-state index in [0.29, 0.717) is 38.2 Å². The van der Waals surface area contributed by atoms with E-state index >= 15 is 0 Å². The molecule has 244 valence electrons. The zero-order valence-electron chi connectivity index (χ0n) is 24.3. The largest absolute Gasteiger partial charge is 0.492 e. The van der Waals surface area contributed by atoms with Gasteiger partial charge in [-0.1, -0.05) is 0 Å². The highest BCUT2D eigenvalue weighted by Crippen LogP contribution is 2.36. The Hall–Kier alpha value is -1.51. The van der Waals surface area contributed by atoms with Gasteiger partial charge in [0.2, 0.25) is 5.91 Å². The Morgan fingerprint density at radius 3 is 2.57 bits per heavy atom. The lowest BCUT2D eigenvalue weighted by molar-refractivity contribution is -0.297. The molecule has 1 saturated heterocycles. The van der Waals surface area contributed by atoms with Crippen molar-refractivity contribution in [3.8, 4) is 0 Å². The molecular weight excluding hydrogens is 554 g/mol. The van der Waals surface area contributed by atoms with Crippen molar-refractivity contribution in [3.05, 3.63) is 11.8 Å². The molecule has 3 aliphatic rings. The number of hydrogen-bond donors (Lipinski definition) is 12. The number of nitrogens with two attached hydrogens (primary N) is 4. The first-order valence-corrected chi connectivity index (χ1v) is 14.5. The average molecular weight is 606 g/mol. The maximum absolute atomic E-state index is 12.6. The van der Waals surface area contributed by atoms with Crippen LogP contribution in [0, 0.1) is 5.92 Å². The summed E-state index contributed by atoms with van der Waals surface area (Å²) in [4.78, 5) is 12.6. The van der Waals surface area contributed by atoms with Crippen molar-refractivity contribution in [2.75, 3.05) is 39.8 Å². The summed E-state index contributed by atoms with van der Waals surface area (Å²) in [5, 5.41) is 61.9. The van der Waals surface area contributed by atoms with Gasteiger partial charge < -0.3 is 78.6 Å². The van der Waals surface area contributed by atoms with Gasteiger partial charge in [0.05, 0.1) is 37.4 Å². The Balaban J connectivity index is 1.80. The van der Waals surface area contributed by atoms with Crippen LogP contribution in [0.4, 0.5) is 0 Å². The van der Waals surface area contributed by atoms with Crippen molar-refractivity contribution in [3.63, 3.8) is 0 Å². The van der Waals surface area contributed by atoms with E-state index in [2.05, 4.69) is 16.0 Å². The Morgan fingerprint density at radius 2 is 1.93 bits per heavy atom. The minimum absolute atomic E-state index is 0.112. The highest BCUT2D eigenvalue weighted by atomic mass is 16.7. The fourth-order valence-corrected chi connectivity index (χ4v) is 6.00. The zero-order chi connectivity index (χ0) is 31.2. The normalized spacial score (nSPS) is 40.5. The third-order valence-corrected chi connectivity index (χ3v) is 8.32. The SMILES string of the molecule is CN[C@@H]1[C@@H](O)[C@@H](O[C@H]2[C@H](NC(=O)[C@@H](O)CN)C[C@H](N)C([C@H]3OC(CNCC(O)CCN)=CC[C@H]3N)[C@@H]2O)OC[C@]1(C)O. The van der Waals surface area contributed by atoms with Crippen LogP contribution in [0.2, 0.25) is 0 Å². The summed E-state index contributed by atoms with van der Waals surface area (Å²) >= 11 is 0. The van der Waals surface area contributed by atoms with Gasteiger partial charge in [-0.3, -0.25) is 4.79 Å². The molecule has 1 saturated carbocycles. The predicted octanol–water partition coefficient (Wildman–Crippen LogP) is -5.76. The van der Waals surface area contributed by atoms with Crippen LogP contribution in [0.15, 0.2) is 11.8 Å². The highest BCUT2D eigenvalue weighted by Gasteiger charge is 2.53. The summed E-state index contributed by atoms with van der Waals surface area (Å²) < 4.78 is 18.0. The van der Waals surface area contributed by atoms with Gasteiger partial charge >= 0.3 is 0 Å². The Labute approximate surface area is 246 Å². The first-order chi connectivity index (χ1) is 19.8. The smallest absolute Gasteiger partial charge is 0.250 e. The summed E-state index contributed by atoms with van der Waals surface area (Å²) in [6.07, 6.45) is -5.11. The van der Waals surface area contributed by atoms with E-state index in [9.17, 15) is 30.3 Å². The van der Waals surface area contributed by atoms with Crippen molar-refractivity contribution in [1.82, 2.24) is 16.0 Å². The molecule has 42 heavy (non-hydrogen) atoms. The second-order valence-electron chi connectivity index (χ2n) is 11.7. The summed E-state index contributed by atoms with van der Waals surface area (Å²) in [6.45, 7) is 2.01. The van der Waals surface area contributed by atoms with Gasteiger partial charge in [-0.05, 0) is 45.9 Å². The number of hydrogen-bond acceptors (Lipinski definition) is 15. The minimum Gasteiger partial charge on any atom is -0.492 e. The van der Waals surface area contributed by atoms with Crippen LogP contribution in [-0.4, -0.2) is 144 Å².